The number of carbonyl (C=O) groups is 1. The van der Waals surface area contributed by atoms with Crippen LogP contribution < -0.4 is 5.32 Å². The van der Waals surface area contributed by atoms with Gasteiger partial charge in [-0.15, -0.1) is 0 Å². The minimum Gasteiger partial charge on any atom is -0.326 e. The summed E-state index contributed by atoms with van der Waals surface area (Å²) in [6.07, 6.45) is 0.903. The molecule has 0 saturated heterocycles. The number of benzene rings is 1. The van der Waals surface area contributed by atoms with Gasteiger partial charge in [0, 0.05) is 25.7 Å². The van der Waals surface area contributed by atoms with Gasteiger partial charge in [-0.1, -0.05) is 13.0 Å². The lowest BCUT2D eigenvalue weighted by molar-refractivity contribution is -0.117. The highest BCUT2D eigenvalue weighted by atomic mass is 32.2. The number of aryl methyl sites for hydroxylation is 1. The second kappa shape index (κ2) is 5.18. The van der Waals surface area contributed by atoms with Crippen LogP contribution in [0.1, 0.15) is 18.9 Å². The number of nitrogens with zero attached hydrogens (tertiary/aromatic N) is 1. The molecule has 0 heterocycles. The second-order valence-electron chi connectivity index (χ2n) is 5.58. The van der Waals surface area contributed by atoms with Crippen LogP contribution in [-0.2, 0) is 14.8 Å². The molecule has 1 aromatic rings. The molecule has 0 spiro atoms. The molecule has 1 aliphatic rings. The Morgan fingerprint density at radius 3 is 2.45 bits per heavy atom. The molecule has 5 nitrogen and oxygen atoms in total. The van der Waals surface area contributed by atoms with Crippen molar-refractivity contribution in [3.05, 3.63) is 23.8 Å². The Hall–Kier alpha value is -1.40. The number of nitrogens with one attached hydrogen (secondary N) is 1. The Kier molecular flexibility index (Phi) is 3.88. The fourth-order valence-corrected chi connectivity index (χ4v) is 3.22. The number of anilines is 1. The van der Waals surface area contributed by atoms with Gasteiger partial charge in [-0.2, -0.15) is 0 Å². The SMILES string of the molecule is Cc1ccc(NC(=O)[C@@H]2C[C@H]2C)cc1S(=O)(=O)N(C)C. The molecule has 110 valence electrons. The highest BCUT2D eigenvalue weighted by molar-refractivity contribution is 7.89. The third-order valence-corrected chi connectivity index (χ3v) is 5.62. The minimum absolute atomic E-state index is 0.0328. The van der Waals surface area contributed by atoms with Gasteiger partial charge in [-0.25, -0.2) is 12.7 Å². The van der Waals surface area contributed by atoms with Crippen LogP contribution in [-0.4, -0.2) is 32.7 Å². The molecule has 1 N–H and O–H groups in total. The monoisotopic (exact) mass is 296 g/mol. The first-order valence-corrected chi connectivity index (χ1v) is 8.01. The summed E-state index contributed by atoms with van der Waals surface area (Å²) < 4.78 is 25.6. The highest BCUT2D eigenvalue weighted by Crippen LogP contribution is 2.38. The molecule has 2 rings (SSSR count). The van der Waals surface area contributed by atoms with Gasteiger partial charge in [0.2, 0.25) is 15.9 Å². The van der Waals surface area contributed by atoms with Crippen LogP contribution in [0.3, 0.4) is 0 Å². The summed E-state index contributed by atoms with van der Waals surface area (Å²) in [6, 6.07) is 4.97. The van der Waals surface area contributed by atoms with Crippen LogP contribution in [0.25, 0.3) is 0 Å². The van der Waals surface area contributed by atoms with E-state index in [9.17, 15) is 13.2 Å². The molecule has 1 amide bonds. The Labute approximate surface area is 120 Å². The molecule has 0 radical (unpaired) electrons. The van der Waals surface area contributed by atoms with E-state index in [1.165, 1.54) is 24.5 Å². The Morgan fingerprint density at radius 1 is 1.35 bits per heavy atom. The second-order valence-corrected chi connectivity index (χ2v) is 7.70. The lowest BCUT2D eigenvalue weighted by Crippen LogP contribution is -2.23. The van der Waals surface area contributed by atoms with Crippen molar-refractivity contribution in [3.63, 3.8) is 0 Å². The van der Waals surface area contributed by atoms with Crippen LogP contribution in [0, 0.1) is 18.8 Å². The van der Waals surface area contributed by atoms with Gasteiger partial charge in [-0.05, 0) is 37.0 Å². The summed E-state index contributed by atoms with van der Waals surface area (Å²) in [6.45, 7) is 3.77. The van der Waals surface area contributed by atoms with E-state index in [0.29, 0.717) is 17.2 Å². The average Bonchev–Trinajstić information content (AvgIpc) is 3.08. The minimum atomic E-state index is -3.50. The lowest BCUT2D eigenvalue weighted by Gasteiger charge is -2.15. The zero-order valence-electron chi connectivity index (χ0n) is 12.2. The predicted octanol–water partition coefficient (Wildman–Crippen LogP) is 1.84. The summed E-state index contributed by atoms with van der Waals surface area (Å²) in [5.74, 6) is 0.449. The molecule has 0 aromatic heterocycles. The van der Waals surface area contributed by atoms with Crippen molar-refractivity contribution in [2.45, 2.75) is 25.2 Å². The lowest BCUT2D eigenvalue weighted by atomic mass is 10.2. The Bertz CT molecular complexity index is 638. The van der Waals surface area contributed by atoms with Gasteiger partial charge in [-0.3, -0.25) is 4.79 Å². The number of amides is 1. The molecule has 0 aliphatic heterocycles. The maximum atomic E-state index is 12.2. The maximum absolute atomic E-state index is 12.2. The third-order valence-electron chi connectivity index (χ3n) is 3.66. The van der Waals surface area contributed by atoms with Gasteiger partial charge in [0.15, 0.2) is 0 Å². The normalized spacial score (nSPS) is 21.9. The van der Waals surface area contributed by atoms with E-state index in [0.717, 1.165) is 6.42 Å². The summed E-state index contributed by atoms with van der Waals surface area (Å²) >= 11 is 0. The molecular formula is C14H20N2O3S. The van der Waals surface area contributed by atoms with Crippen molar-refractivity contribution < 1.29 is 13.2 Å². The first kappa shape index (κ1) is 15.0. The van der Waals surface area contributed by atoms with E-state index in [1.54, 1.807) is 19.1 Å². The molecule has 2 atom stereocenters. The number of hydrogen-bond acceptors (Lipinski definition) is 3. The van der Waals surface area contributed by atoms with E-state index >= 15 is 0 Å². The fraction of sp³-hybridized carbons (Fsp3) is 0.500. The van der Waals surface area contributed by atoms with Crippen LogP contribution in [0.2, 0.25) is 0 Å². The Balaban J connectivity index is 2.27. The molecule has 1 fully saturated rings. The molecule has 0 bridgehead atoms. The van der Waals surface area contributed by atoms with Crippen molar-refractivity contribution in [1.82, 2.24) is 4.31 Å². The van der Waals surface area contributed by atoms with Gasteiger partial charge in [0.1, 0.15) is 0 Å². The molecule has 1 saturated carbocycles. The first-order chi connectivity index (χ1) is 9.23. The summed E-state index contributed by atoms with van der Waals surface area (Å²) in [5.41, 5.74) is 1.19. The van der Waals surface area contributed by atoms with Gasteiger partial charge >= 0.3 is 0 Å². The maximum Gasteiger partial charge on any atom is 0.242 e. The fourth-order valence-electron chi connectivity index (χ4n) is 2.07. The summed E-state index contributed by atoms with van der Waals surface area (Å²) in [7, 11) is -0.515. The summed E-state index contributed by atoms with van der Waals surface area (Å²) in [5, 5.41) is 2.79. The van der Waals surface area contributed by atoms with Crippen molar-refractivity contribution in [2.24, 2.45) is 11.8 Å². The van der Waals surface area contributed by atoms with Crippen LogP contribution in [0.4, 0.5) is 5.69 Å². The van der Waals surface area contributed by atoms with Crippen molar-refractivity contribution >= 4 is 21.6 Å². The van der Waals surface area contributed by atoms with Crippen LogP contribution in [0.5, 0.6) is 0 Å². The number of rotatable bonds is 4. The zero-order valence-corrected chi connectivity index (χ0v) is 13.0. The van der Waals surface area contributed by atoms with Crippen molar-refractivity contribution in [1.29, 1.82) is 0 Å². The third kappa shape index (κ3) is 2.86. The topological polar surface area (TPSA) is 66.5 Å². The quantitative estimate of drug-likeness (QED) is 0.922. The smallest absolute Gasteiger partial charge is 0.242 e. The van der Waals surface area contributed by atoms with E-state index in [1.807, 2.05) is 6.92 Å². The largest absolute Gasteiger partial charge is 0.326 e. The predicted molar refractivity (Wildman–Crippen MR) is 78.0 cm³/mol. The van der Waals surface area contributed by atoms with Gasteiger partial charge < -0.3 is 5.32 Å². The van der Waals surface area contributed by atoms with Crippen molar-refractivity contribution in [3.8, 4) is 0 Å². The number of sulfonamides is 1. The average molecular weight is 296 g/mol. The standard InChI is InChI=1S/C14H20N2O3S/c1-9-5-6-11(15-14(17)12-7-10(12)2)8-13(9)20(18,19)16(3)4/h5-6,8,10,12H,7H2,1-4H3,(H,15,17)/t10-,12-/m1/s1. The molecule has 6 heteroatoms. The molecule has 1 aromatic carbocycles. The van der Waals surface area contributed by atoms with Crippen LogP contribution in [0.15, 0.2) is 23.1 Å². The summed E-state index contributed by atoms with van der Waals surface area (Å²) in [4.78, 5) is 12.1. The van der Waals surface area contributed by atoms with Gasteiger partial charge in [0.05, 0.1) is 4.90 Å². The number of carbonyl (C=O) groups excluding carboxylic acids is 1. The highest BCUT2D eigenvalue weighted by Gasteiger charge is 2.39. The van der Waals surface area contributed by atoms with Crippen LogP contribution >= 0.6 is 0 Å². The van der Waals surface area contributed by atoms with Crippen molar-refractivity contribution in [2.75, 3.05) is 19.4 Å². The van der Waals surface area contributed by atoms with E-state index in [2.05, 4.69) is 5.32 Å². The zero-order chi connectivity index (χ0) is 15.1. The van der Waals surface area contributed by atoms with Gasteiger partial charge in [0.25, 0.3) is 0 Å². The molecular weight excluding hydrogens is 276 g/mol. The van der Waals surface area contributed by atoms with E-state index < -0.39 is 10.0 Å². The first-order valence-electron chi connectivity index (χ1n) is 6.57. The molecule has 1 aliphatic carbocycles. The molecule has 0 unspecified atom stereocenters. The Morgan fingerprint density at radius 2 is 1.95 bits per heavy atom. The number of hydrogen-bond donors (Lipinski definition) is 1. The molecule has 20 heavy (non-hydrogen) atoms. The van der Waals surface area contributed by atoms with E-state index in [4.69, 9.17) is 0 Å². The van der Waals surface area contributed by atoms with E-state index in [-0.39, 0.29) is 16.7 Å².